The quantitative estimate of drug-likeness (QED) is 0.313. The van der Waals surface area contributed by atoms with Gasteiger partial charge in [-0.15, -0.1) is 0 Å². The molecule has 4 rings (SSSR count). The first kappa shape index (κ1) is 24.0. The zero-order chi connectivity index (χ0) is 23.1. The average molecular weight is 450 g/mol. The average Bonchev–Trinajstić information content (AvgIpc) is 3.11. The minimum absolute atomic E-state index is 0.0579. The van der Waals surface area contributed by atoms with Gasteiger partial charge in [-0.2, -0.15) is 0 Å². The van der Waals surface area contributed by atoms with Crippen molar-refractivity contribution in [2.24, 2.45) is 46.3 Å². The molecule has 0 heterocycles. The Hall–Kier alpha value is -1.14. The smallest absolute Gasteiger partial charge is 0.294 e. The number of aliphatic hydroxyl groups excluding tert-OH is 2. The first-order chi connectivity index (χ1) is 15.2. The van der Waals surface area contributed by atoms with Gasteiger partial charge in [0.15, 0.2) is 6.73 Å². The minimum atomic E-state index is -0.245. The third-order valence-electron chi connectivity index (χ3n) is 10.7. The van der Waals surface area contributed by atoms with Crippen LogP contribution < -0.4 is 5.32 Å². The summed E-state index contributed by atoms with van der Waals surface area (Å²) in [6.07, 6.45) is 9.35. The molecule has 182 valence electrons. The predicted octanol–water partition coefficient (Wildman–Crippen LogP) is 3.64. The highest BCUT2D eigenvalue weighted by atomic mass is 16.5. The summed E-state index contributed by atoms with van der Waals surface area (Å²) in [6.45, 7) is 7.49. The number of hydrogen-bond acceptors (Lipinski definition) is 5. The van der Waals surface area contributed by atoms with Crippen molar-refractivity contribution in [3.8, 4) is 0 Å². The predicted molar refractivity (Wildman–Crippen MR) is 121 cm³/mol. The molecule has 0 radical (unpaired) electrons. The molecule has 4 aliphatic rings. The fraction of sp³-hybridized carbons (Fsp3) is 0.923. The van der Waals surface area contributed by atoms with Crippen molar-refractivity contribution in [1.82, 2.24) is 5.32 Å². The molecule has 4 aliphatic carbocycles. The van der Waals surface area contributed by atoms with Gasteiger partial charge < -0.3 is 20.3 Å². The van der Waals surface area contributed by atoms with Gasteiger partial charge in [-0.25, -0.2) is 0 Å². The van der Waals surface area contributed by atoms with Gasteiger partial charge in [0, 0.05) is 6.42 Å². The number of rotatable bonds is 7. The third-order valence-corrected chi connectivity index (χ3v) is 10.7. The summed E-state index contributed by atoms with van der Waals surface area (Å²) in [6, 6.07) is 0. The Labute approximate surface area is 192 Å². The van der Waals surface area contributed by atoms with Crippen LogP contribution in [0.5, 0.6) is 0 Å². The van der Waals surface area contributed by atoms with Crippen molar-refractivity contribution >= 4 is 12.4 Å². The van der Waals surface area contributed by atoms with Gasteiger partial charge in [-0.05, 0) is 104 Å². The van der Waals surface area contributed by atoms with Crippen LogP contribution in [0.25, 0.3) is 0 Å². The van der Waals surface area contributed by atoms with Gasteiger partial charge in [0.2, 0.25) is 5.91 Å². The van der Waals surface area contributed by atoms with Crippen molar-refractivity contribution in [3.63, 3.8) is 0 Å². The van der Waals surface area contributed by atoms with Gasteiger partial charge in [-0.1, -0.05) is 20.8 Å². The van der Waals surface area contributed by atoms with E-state index in [9.17, 15) is 19.8 Å². The number of ether oxygens (including phenoxy) is 1. The van der Waals surface area contributed by atoms with E-state index in [1.165, 1.54) is 25.7 Å². The molecule has 6 heteroatoms. The summed E-state index contributed by atoms with van der Waals surface area (Å²) in [4.78, 5) is 22.3. The highest BCUT2D eigenvalue weighted by molar-refractivity contribution is 5.75. The molecule has 3 N–H and O–H groups in total. The van der Waals surface area contributed by atoms with Crippen LogP contribution in [0.2, 0.25) is 0 Å². The van der Waals surface area contributed by atoms with Crippen LogP contribution in [0, 0.1) is 46.3 Å². The summed E-state index contributed by atoms with van der Waals surface area (Å²) in [7, 11) is 0. The second-order valence-corrected chi connectivity index (χ2v) is 12.0. The second kappa shape index (κ2) is 9.25. The van der Waals surface area contributed by atoms with Crippen molar-refractivity contribution in [2.75, 3.05) is 6.73 Å². The molecule has 0 bridgehead atoms. The van der Waals surface area contributed by atoms with Crippen LogP contribution in [0.15, 0.2) is 0 Å². The molecule has 0 aromatic heterocycles. The molecule has 0 spiro atoms. The molecule has 6 nitrogen and oxygen atoms in total. The van der Waals surface area contributed by atoms with E-state index in [0.29, 0.717) is 48.4 Å². The molecular weight excluding hydrogens is 406 g/mol. The monoisotopic (exact) mass is 449 g/mol. The first-order valence-corrected chi connectivity index (χ1v) is 12.9. The van der Waals surface area contributed by atoms with Crippen LogP contribution >= 0.6 is 0 Å². The molecule has 10 atom stereocenters. The lowest BCUT2D eigenvalue weighted by atomic mass is 9.43. The number of carbonyl (C=O) groups is 2. The molecule has 0 saturated heterocycles. The van der Waals surface area contributed by atoms with E-state index in [1.54, 1.807) is 0 Å². The maximum atomic E-state index is 12.1. The molecule has 0 aliphatic heterocycles. The van der Waals surface area contributed by atoms with E-state index in [-0.39, 0.29) is 35.7 Å². The second-order valence-electron chi connectivity index (χ2n) is 12.0. The molecule has 1 amide bonds. The lowest BCUT2D eigenvalue weighted by molar-refractivity contribution is -0.174. The van der Waals surface area contributed by atoms with Crippen molar-refractivity contribution in [2.45, 2.75) is 97.2 Å². The molecule has 4 saturated carbocycles. The Morgan fingerprint density at radius 3 is 2.56 bits per heavy atom. The van der Waals surface area contributed by atoms with Gasteiger partial charge in [0.1, 0.15) is 0 Å². The lowest BCUT2D eigenvalue weighted by Gasteiger charge is -2.62. The van der Waals surface area contributed by atoms with E-state index in [1.807, 2.05) is 0 Å². The number of fused-ring (bicyclic) bond motifs is 5. The number of carbonyl (C=O) groups excluding carboxylic acids is 2. The molecule has 4 fully saturated rings. The lowest BCUT2D eigenvalue weighted by Crippen LogP contribution is -2.58. The number of nitrogens with one attached hydrogen (secondary N) is 1. The van der Waals surface area contributed by atoms with E-state index in [0.717, 1.165) is 32.1 Å². The highest BCUT2D eigenvalue weighted by Gasteiger charge is 2.62. The summed E-state index contributed by atoms with van der Waals surface area (Å²) in [5.41, 5.74) is 0.492. The number of hydrogen-bond donors (Lipinski definition) is 3. The number of amides is 1. The normalized spacial score (nSPS) is 46.3. The van der Waals surface area contributed by atoms with Gasteiger partial charge in [-0.3, -0.25) is 9.59 Å². The Morgan fingerprint density at radius 2 is 1.81 bits per heavy atom. The van der Waals surface area contributed by atoms with Crippen molar-refractivity contribution in [1.29, 1.82) is 0 Å². The summed E-state index contributed by atoms with van der Waals surface area (Å²) in [5, 5.41) is 24.2. The third kappa shape index (κ3) is 4.11. The van der Waals surface area contributed by atoms with Crippen LogP contribution in [0.4, 0.5) is 0 Å². The summed E-state index contributed by atoms with van der Waals surface area (Å²) in [5.74, 6) is 2.92. The maximum Gasteiger partial charge on any atom is 0.294 e. The van der Waals surface area contributed by atoms with Crippen LogP contribution in [0.3, 0.4) is 0 Å². The summed E-state index contributed by atoms with van der Waals surface area (Å²) >= 11 is 0. The zero-order valence-corrected chi connectivity index (χ0v) is 20.1. The highest BCUT2D eigenvalue weighted by Crippen LogP contribution is 2.68. The largest absolute Gasteiger partial charge is 0.447 e. The Morgan fingerprint density at radius 1 is 1.09 bits per heavy atom. The molecule has 0 aromatic carbocycles. The van der Waals surface area contributed by atoms with E-state index in [2.05, 4.69) is 30.8 Å². The van der Waals surface area contributed by atoms with E-state index < -0.39 is 0 Å². The van der Waals surface area contributed by atoms with Crippen LogP contribution in [-0.4, -0.2) is 41.5 Å². The SMILES string of the molecule is CC(CCC(=O)NCOC=O)[C@H]1CCC2C3C(CC[C@@]21C)[C@@]1(C)CC[C@@H](O)C[C@H]1C[C@@H]3O. The molecule has 4 unspecified atom stereocenters. The number of aliphatic hydroxyl groups is 2. The molecule has 32 heavy (non-hydrogen) atoms. The summed E-state index contributed by atoms with van der Waals surface area (Å²) < 4.78 is 4.56. The van der Waals surface area contributed by atoms with Gasteiger partial charge >= 0.3 is 0 Å². The standard InChI is InChI=1S/C26H43NO5/c1-16(4-7-23(31)27-14-32-15-28)19-5-6-20-24-21(9-11-26(19,20)3)25(2)10-8-18(29)12-17(25)13-22(24)30/h15-22,24,29-30H,4-14H2,1-3H3,(H,27,31)/t16?,17-,18+,19+,20?,21?,22-,24?,25-,26+/m0/s1. The first-order valence-electron chi connectivity index (χ1n) is 12.9. The maximum absolute atomic E-state index is 12.1. The topological polar surface area (TPSA) is 95.9 Å². The Kier molecular flexibility index (Phi) is 6.94. The molecular formula is C26H43NO5. The molecule has 0 aromatic rings. The van der Waals surface area contributed by atoms with Crippen molar-refractivity contribution in [3.05, 3.63) is 0 Å². The fourth-order valence-corrected chi connectivity index (χ4v) is 8.98. The van der Waals surface area contributed by atoms with Crippen LogP contribution in [-0.2, 0) is 14.3 Å². The van der Waals surface area contributed by atoms with Gasteiger partial charge in [0.05, 0.1) is 12.2 Å². The van der Waals surface area contributed by atoms with Crippen LogP contribution in [0.1, 0.15) is 85.0 Å². The van der Waals surface area contributed by atoms with Crippen molar-refractivity contribution < 1.29 is 24.5 Å². The Bertz CT molecular complexity index is 700. The van der Waals surface area contributed by atoms with E-state index >= 15 is 0 Å². The fourth-order valence-electron chi connectivity index (χ4n) is 8.98. The van der Waals surface area contributed by atoms with E-state index in [4.69, 9.17) is 0 Å². The zero-order valence-electron chi connectivity index (χ0n) is 20.1. The Balaban J connectivity index is 1.43. The van der Waals surface area contributed by atoms with Gasteiger partial charge in [0.25, 0.3) is 6.47 Å². The minimum Gasteiger partial charge on any atom is -0.447 e.